The summed E-state index contributed by atoms with van der Waals surface area (Å²) < 4.78 is 0. The third-order valence-corrected chi connectivity index (χ3v) is 0.903. The molecule has 2 nitrogen and oxygen atoms in total. The SMILES string of the molecule is N#Cc1ccccc1.[CH]=O. The molecule has 49 valence electrons. The first-order valence-electron chi connectivity index (χ1n) is 2.62. The molecular weight excluding hydrogens is 126 g/mol. The van der Waals surface area contributed by atoms with Crippen molar-refractivity contribution in [2.45, 2.75) is 0 Å². The molecule has 0 amide bonds. The molecule has 0 aliphatic carbocycles. The molecule has 0 heterocycles. The van der Waals surface area contributed by atoms with Crippen molar-refractivity contribution in [3.8, 4) is 6.07 Å². The Morgan fingerprint density at radius 1 is 1.20 bits per heavy atom. The van der Waals surface area contributed by atoms with Crippen molar-refractivity contribution < 1.29 is 4.79 Å². The molecule has 0 saturated carbocycles. The van der Waals surface area contributed by atoms with Crippen molar-refractivity contribution in [2.24, 2.45) is 0 Å². The molecule has 1 aromatic carbocycles. The zero-order valence-corrected chi connectivity index (χ0v) is 5.32. The van der Waals surface area contributed by atoms with Crippen LogP contribution in [-0.2, 0) is 4.79 Å². The third-order valence-electron chi connectivity index (χ3n) is 0.903. The minimum atomic E-state index is 0.715. The molecule has 0 aromatic heterocycles. The molecule has 0 atom stereocenters. The molecule has 0 unspecified atom stereocenters. The second-order valence-electron chi connectivity index (χ2n) is 1.48. The minimum absolute atomic E-state index is 0.715. The monoisotopic (exact) mass is 132 g/mol. The molecule has 1 radical (unpaired) electrons. The van der Waals surface area contributed by atoms with E-state index in [1.165, 1.54) is 0 Å². The molecule has 0 N–H and O–H groups in total. The van der Waals surface area contributed by atoms with Gasteiger partial charge in [0.15, 0.2) is 6.79 Å². The summed E-state index contributed by atoms with van der Waals surface area (Å²) >= 11 is 0. The van der Waals surface area contributed by atoms with E-state index in [9.17, 15) is 0 Å². The normalized spacial score (nSPS) is 6.70. The number of nitriles is 1. The predicted molar refractivity (Wildman–Crippen MR) is 37.9 cm³/mol. The lowest BCUT2D eigenvalue weighted by Crippen LogP contribution is -1.66. The van der Waals surface area contributed by atoms with E-state index in [2.05, 4.69) is 6.79 Å². The van der Waals surface area contributed by atoms with Crippen LogP contribution in [0.15, 0.2) is 30.3 Å². The highest BCUT2D eigenvalue weighted by Crippen LogP contribution is 1.92. The molecule has 0 aliphatic heterocycles. The maximum absolute atomic E-state index is 8.29. The van der Waals surface area contributed by atoms with Crippen LogP contribution in [0, 0.1) is 11.3 Å². The molecule has 0 spiro atoms. The average molecular weight is 132 g/mol. The van der Waals surface area contributed by atoms with Gasteiger partial charge in [0.25, 0.3) is 0 Å². The lowest BCUT2D eigenvalue weighted by atomic mass is 10.2. The Kier molecular flexibility index (Phi) is 4.62. The van der Waals surface area contributed by atoms with E-state index < -0.39 is 0 Å². The van der Waals surface area contributed by atoms with E-state index in [1.807, 2.05) is 24.3 Å². The van der Waals surface area contributed by atoms with E-state index in [1.54, 1.807) is 12.1 Å². The summed E-state index contributed by atoms with van der Waals surface area (Å²) in [5, 5.41) is 8.29. The van der Waals surface area contributed by atoms with Crippen molar-refractivity contribution >= 4 is 6.79 Å². The molecular formula is C8H6NO. The third kappa shape index (κ3) is 2.63. The Bertz CT molecular complexity index is 212. The summed E-state index contributed by atoms with van der Waals surface area (Å²) in [5.74, 6) is 0. The number of benzene rings is 1. The van der Waals surface area contributed by atoms with Crippen LogP contribution in [0.5, 0.6) is 0 Å². The van der Waals surface area contributed by atoms with E-state index >= 15 is 0 Å². The average Bonchev–Trinajstić information content (AvgIpc) is 2.10. The van der Waals surface area contributed by atoms with E-state index in [0.717, 1.165) is 0 Å². The van der Waals surface area contributed by atoms with Gasteiger partial charge in [-0.1, -0.05) is 18.2 Å². The summed E-state index contributed by atoms with van der Waals surface area (Å²) in [6.45, 7) is 3.25. The summed E-state index contributed by atoms with van der Waals surface area (Å²) in [4.78, 5) is 7.75. The first kappa shape index (κ1) is 8.38. The lowest BCUT2D eigenvalue weighted by molar-refractivity contribution is 0.574. The van der Waals surface area contributed by atoms with Crippen LogP contribution in [0.2, 0.25) is 0 Å². The second-order valence-corrected chi connectivity index (χ2v) is 1.48. The number of hydrogen-bond donors (Lipinski definition) is 0. The van der Waals surface area contributed by atoms with E-state index in [4.69, 9.17) is 10.1 Å². The molecule has 0 aliphatic rings. The van der Waals surface area contributed by atoms with Crippen molar-refractivity contribution in [1.82, 2.24) is 0 Å². The summed E-state index contributed by atoms with van der Waals surface area (Å²) in [7, 11) is 0. The maximum Gasteiger partial charge on any atom is 0.182 e. The van der Waals surface area contributed by atoms with Crippen LogP contribution in [-0.4, -0.2) is 6.79 Å². The fourth-order valence-electron chi connectivity index (χ4n) is 0.513. The fraction of sp³-hybridized carbons (Fsp3) is 0. The Morgan fingerprint density at radius 3 is 2.00 bits per heavy atom. The van der Waals surface area contributed by atoms with Gasteiger partial charge >= 0.3 is 0 Å². The van der Waals surface area contributed by atoms with Crippen LogP contribution in [0.25, 0.3) is 0 Å². The molecule has 0 bridgehead atoms. The van der Waals surface area contributed by atoms with Gasteiger partial charge < -0.3 is 0 Å². The van der Waals surface area contributed by atoms with Gasteiger partial charge in [0.1, 0.15) is 0 Å². The van der Waals surface area contributed by atoms with Gasteiger partial charge in [0, 0.05) is 0 Å². The highest BCUT2D eigenvalue weighted by atomic mass is 16.1. The van der Waals surface area contributed by atoms with Crippen molar-refractivity contribution in [3.05, 3.63) is 35.9 Å². The van der Waals surface area contributed by atoms with Gasteiger partial charge in [-0.2, -0.15) is 5.26 Å². The molecule has 0 fully saturated rings. The minimum Gasteiger partial charge on any atom is -0.295 e. The summed E-state index contributed by atoms with van der Waals surface area (Å²) in [6.07, 6.45) is 0. The number of carbonyl (C=O) groups excluding carboxylic acids is 1. The van der Waals surface area contributed by atoms with Gasteiger partial charge in [-0.05, 0) is 12.1 Å². The van der Waals surface area contributed by atoms with Crippen LogP contribution >= 0.6 is 0 Å². The Hall–Kier alpha value is -1.62. The smallest absolute Gasteiger partial charge is 0.182 e. The Balaban J connectivity index is 0.000000371. The van der Waals surface area contributed by atoms with Gasteiger partial charge in [0.2, 0.25) is 0 Å². The van der Waals surface area contributed by atoms with Crippen LogP contribution in [0.1, 0.15) is 5.56 Å². The first-order valence-corrected chi connectivity index (χ1v) is 2.62. The number of rotatable bonds is 0. The first-order chi connectivity index (χ1) is 4.93. The molecule has 2 heteroatoms. The lowest BCUT2D eigenvalue weighted by Gasteiger charge is -1.80. The van der Waals surface area contributed by atoms with Crippen molar-refractivity contribution in [3.63, 3.8) is 0 Å². The van der Waals surface area contributed by atoms with Crippen LogP contribution < -0.4 is 0 Å². The quantitative estimate of drug-likeness (QED) is 0.499. The second kappa shape index (κ2) is 5.52. The molecule has 1 aromatic rings. The largest absolute Gasteiger partial charge is 0.295 e. The maximum atomic E-state index is 8.29. The van der Waals surface area contributed by atoms with Crippen molar-refractivity contribution in [1.29, 1.82) is 5.26 Å². The van der Waals surface area contributed by atoms with Gasteiger partial charge in [-0.3, -0.25) is 4.79 Å². The molecule has 10 heavy (non-hydrogen) atoms. The Labute approximate surface area is 59.7 Å². The zero-order chi connectivity index (χ0) is 7.82. The van der Waals surface area contributed by atoms with Gasteiger partial charge in [0.05, 0.1) is 11.6 Å². The number of nitrogens with zero attached hydrogens (tertiary/aromatic N) is 1. The highest BCUT2D eigenvalue weighted by molar-refractivity contribution is 5.27. The highest BCUT2D eigenvalue weighted by Gasteiger charge is 1.79. The van der Waals surface area contributed by atoms with Crippen molar-refractivity contribution in [2.75, 3.05) is 0 Å². The van der Waals surface area contributed by atoms with Crippen LogP contribution in [0.3, 0.4) is 0 Å². The summed E-state index contributed by atoms with van der Waals surface area (Å²) in [5.41, 5.74) is 0.715. The molecule has 0 saturated heterocycles. The summed E-state index contributed by atoms with van der Waals surface area (Å²) in [6, 6.07) is 11.2. The number of hydrogen-bond acceptors (Lipinski definition) is 2. The van der Waals surface area contributed by atoms with E-state index in [-0.39, 0.29) is 0 Å². The Morgan fingerprint density at radius 2 is 1.70 bits per heavy atom. The predicted octanol–water partition coefficient (Wildman–Crippen LogP) is 1.28. The van der Waals surface area contributed by atoms with Gasteiger partial charge in [-0.25, -0.2) is 0 Å². The standard InChI is InChI=1S/C7H5N.CHO/c8-6-7-4-2-1-3-5-7;1-2/h1-5H;1H. The van der Waals surface area contributed by atoms with E-state index in [0.29, 0.717) is 5.56 Å². The van der Waals surface area contributed by atoms with Gasteiger partial charge in [-0.15, -0.1) is 0 Å². The topological polar surface area (TPSA) is 40.9 Å². The fourth-order valence-corrected chi connectivity index (χ4v) is 0.513. The zero-order valence-electron chi connectivity index (χ0n) is 5.32. The van der Waals surface area contributed by atoms with Crippen LogP contribution in [0.4, 0.5) is 0 Å². The molecule has 1 rings (SSSR count).